The fraction of sp³-hybridized carbons (Fsp3) is 0.625. The molecule has 1 atom stereocenters. The number of benzene rings is 1. The van der Waals surface area contributed by atoms with Gasteiger partial charge in [0.05, 0.1) is 0 Å². The predicted molar refractivity (Wildman–Crippen MR) is 77.1 cm³/mol. The van der Waals surface area contributed by atoms with Gasteiger partial charge in [-0.2, -0.15) is 0 Å². The smallest absolute Gasteiger partial charge is 0.115 e. The van der Waals surface area contributed by atoms with Crippen molar-refractivity contribution in [1.29, 1.82) is 0 Å². The molecule has 1 aromatic carbocycles. The van der Waals surface area contributed by atoms with Crippen LogP contribution in [-0.4, -0.2) is 35.7 Å². The van der Waals surface area contributed by atoms with Gasteiger partial charge < -0.3 is 10.4 Å². The molecule has 3 heteroatoms. The third-order valence-corrected chi connectivity index (χ3v) is 4.25. The van der Waals surface area contributed by atoms with E-state index in [4.69, 9.17) is 0 Å². The van der Waals surface area contributed by atoms with Crippen LogP contribution in [0.1, 0.15) is 31.2 Å². The van der Waals surface area contributed by atoms with E-state index in [9.17, 15) is 5.11 Å². The van der Waals surface area contributed by atoms with E-state index < -0.39 is 0 Å². The minimum absolute atomic E-state index is 0.382. The van der Waals surface area contributed by atoms with Crippen molar-refractivity contribution in [1.82, 2.24) is 10.2 Å². The standard InChI is InChI=1S/C16H24N2O/c19-16-5-1-3-13(9-16)11-18(15-6-7-15)12-14-4-2-8-17-10-14/h1,3,5,9,14-15,17,19H,2,4,6-8,10-12H2. The molecule has 3 rings (SSSR count). The molecule has 2 aliphatic rings. The van der Waals surface area contributed by atoms with Crippen LogP contribution in [0.4, 0.5) is 0 Å². The largest absolute Gasteiger partial charge is 0.508 e. The molecular weight excluding hydrogens is 236 g/mol. The van der Waals surface area contributed by atoms with E-state index in [1.165, 1.54) is 50.9 Å². The first-order valence-corrected chi connectivity index (χ1v) is 7.54. The highest BCUT2D eigenvalue weighted by Gasteiger charge is 2.30. The number of phenols is 1. The summed E-state index contributed by atoms with van der Waals surface area (Å²) >= 11 is 0. The third kappa shape index (κ3) is 3.71. The van der Waals surface area contributed by atoms with Gasteiger partial charge in [-0.25, -0.2) is 0 Å². The zero-order valence-electron chi connectivity index (χ0n) is 11.5. The lowest BCUT2D eigenvalue weighted by atomic mass is 9.98. The Balaban J connectivity index is 1.60. The van der Waals surface area contributed by atoms with Crippen molar-refractivity contribution in [3.8, 4) is 5.75 Å². The summed E-state index contributed by atoms with van der Waals surface area (Å²) in [7, 11) is 0. The summed E-state index contributed by atoms with van der Waals surface area (Å²) in [5, 5.41) is 13.1. The highest BCUT2D eigenvalue weighted by molar-refractivity contribution is 5.27. The van der Waals surface area contributed by atoms with Gasteiger partial charge in [0.15, 0.2) is 0 Å². The molecule has 2 fully saturated rings. The third-order valence-electron chi connectivity index (χ3n) is 4.25. The van der Waals surface area contributed by atoms with E-state index in [0.29, 0.717) is 5.75 Å². The van der Waals surface area contributed by atoms with Gasteiger partial charge in [-0.15, -0.1) is 0 Å². The van der Waals surface area contributed by atoms with Gasteiger partial charge in [-0.1, -0.05) is 12.1 Å². The number of aromatic hydroxyl groups is 1. The van der Waals surface area contributed by atoms with E-state index in [1.54, 1.807) is 6.07 Å². The number of hydrogen-bond acceptors (Lipinski definition) is 3. The van der Waals surface area contributed by atoms with E-state index in [-0.39, 0.29) is 0 Å². The lowest BCUT2D eigenvalue weighted by Gasteiger charge is -2.30. The number of nitrogens with zero attached hydrogens (tertiary/aromatic N) is 1. The van der Waals surface area contributed by atoms with Crippen LogP contribution in [0.2, 0.25) is 0 Å². The van der Waals surface area contributed by atoms with Crippen LogP contribution in [0.3, 0.4) is 0 Å². The maximum atomic E-state index is 9.57. The number of rotatable bonds is 5. The number of hydrogen-bond donors (Lipinski definition) is 2. The quantitative estimate of drug-likeness (QED) is 0.853. The van der Waals surface area contributed by atoms with Crippen molar-refractivity contribution in [3.63, 3.8) is 0 Å². The molecule has 1 aliphatic carbocycles. The van der Waals surface area contributed by atoms with E-state index in [0.717, 1.165) is 18.5 Å². The Bertz CT molecular complexity index is 411. The second kappa shape index (κ2) is 5.93. The Hall–Kier alpha value is -1.06. The zero-order chi connectivity index (χ0) is 13.1. The molecule has 1 saturated heterocycles. The van der Waals surface area contributed by atoms with E-state index in [2.05, 4.69) is 16.3 Å². The molecule has 19 heavy (non-hydrogen) atoms. The van der Waals surface area contributed by atoms with Crippen LogP contribution >= 0.6 is 0 Å². The minimum atomic E-state index is 0.382. The molecule has 0 bridgehead atoms. The number of nitrogens with one attached hydrogen (secondary N) is 1. The fourth-order valence-corrected chi connectivity index (χ4v) is 3.08. The zero-order valence-corrected chi connectivity index (χ0v) is 11.5. The topological polar surface area (TPSA) is 35.5 Å². The summed E-state index contributed by atoms with van der Waals surface area (Å²) in [4.78, 5) is 2.62. The van der Waals surface area contributed by atoms with Crippen LogP contribution in [-0.2, 0) is 6.54 Å². The second-order valence-electron chi connectivity index (χ2n) is 6.04. The molecule has 2 N–H and O–H groups in total. The molecule has 1 saturated carbocycles. The lowest BCUT2D eigenvalue weighted by Crippen LogP contribution is -2.39. The van der Waals surface area contributed by atoms with Gasteiger partial charge in [0.2, 0.25) is 0 Å². The van der Waals surface area contributed by atoms with Gasteiger partial charge in [-0.3, -0.25) is 4.90 Å². The summed E-state index contributed by atoms with van der Waals surface area (Å²) < 4.78 is 0. The van der Waals surface area contributed by atoms with Crippen LogP contribution in [0.5, 0.6) is 5.75 Å². The summed E-state index contributed by atoms with van der Waals surface area (Å²) in [5.41, 5.74) is 1.23. The molecule has 1 heterocycles. The Morgan fingerprint density at radius 1 is 1.26 bits per heavy atom. The highest BCUT2D eigenvalue weighted by Crippen LogP contribution is 2.30. The Morgan fingerprint density at radius 2 is 2.16 bits per heavy atom. The van der Waals surface area contributed by atoms with Crippen LogP contribution in [0.15, 0.2) is 24.3 Å². The van der Waals surface area contributed by atoms with Gasteiger partial charge in [0, 0.05) is 19.1 Å². The Morgan fingerprint density at radius 3 is 2.84 bits per heavy atom. The summed E-state index contributed by atoms with van der Waals surface area (Å²) in [6.45, 7) is 4.54. The summed E-state index contributed by atoms with van der Waals surface area (Å²) in [6, 6.07) is 8.49. The molecule has 0 spiro atoms. The van der Waals surface area contributed by atoms with Crippen molar-refractivity contribution in [2.45, 2.75) is 38.3 Å². The van der Waals surface area contributed by atoms with Gasteiger partial charge in [0.25, 0.3) is 0 Å². The van der Waals surface area contributed by atoms with Crippen LogP contribution < -0.4 is 5.32 Å². The fourth-order valence-electron chi connectivity index (χ4n) is 3.08. The van der Waals surface area contributed by atoms with Crippen molar-refractivity contribution in [2.24, 2.45) is 5.92 Å². The van der Waals surface area contributed by atoms with Gasteiger partial charge in [-0.05, 0) is 62.4 Å². The van der Waals surface area contributed by atoms with Crippen molar-refractivity contribution >= 4 is 0 Å². The monoisotopic (exact) mass is 260 g/mol. The number of piperidine rings is 1. The van der Waals surface area contributed by atoms with Crippen molar-refractivity contribution in [2.75, 3.05) is 19.6 Å². The number of phenolic OH excluding ortho intramolecular Hbond substituents is 1. The second-order valence-corrected chi connectivity index (χ2v) is 6.04. The van der Waals surface area contributed by atoms with E-state index in [1.807, 2.05) is 12.1 Å². The van der Waals surface area contributed by atoms with Gasteiger partial charge in [0.1, 0.15) is 5.75 Å². The molecule has 1 aromatic rings. The van der Waals surface area contributed by atoms with Crippen molar-refractivity contribution < 1.29 is 5.11 Å². The molecule has 104 valence electrons. The van der Waals surface area contributed by atoms with Crippen LogP contribution in [0.25, 0.3) is 0 Å². The van der Waals surface area contributed by atoms with Crippen LogP contribution in [0, 0.1) is 5.92 Å². The highest BCUT2D eigenvalue weighted by atomic mass is 16.3. The molecular formula is C16H24N2O. The Labute approximate surface area is 115 Å². The molecule has 0 amide bonds. The molecule has 3 nitrogen and oxygen atoms in total. The maximum Gasteiger partial charge on any atom is 0.115 e. The molecule has 0 aromatic heterocycles. The average Bonchev–Trinajstić information content (AvgIpc) is 3.23. The average molecular weight is 260 g/mol. The molecule has 1 unspecified atom stereocenters. The van der Waals surface area contributed by atoms with Gasteiger partial charge >= 0.3 is 0 Å². The Kier molecular flexibility index (Phi) is 4.04. The first-order chi connectivity index (χ1) is 9.31. The summed E-state index contributed by atoms with van der Waals surface area (Å²) in [6.07, 6.45) is 5.36. The van der Waals surface area contributed by atoms with Crippen molar-refractivity contribution in [3.05, 3.63) is 29.8 Å². The normalized spacial score (nSPS) is 23.7. The minimum Gasteiger partial charge on any atom is -0.508 e. The molecule has 0 radical (unpaired) electrons. The SMILES string of the molecule is Oc1cccc(CN(CC2CCCNC2)C2CC2)c1. The predicted octanol–water partition coefficient (Wildman–Crippen LogP) is 2.36. The maximum absolute atomic E-state index is 9.57. The lowest BCUT2D eigenvalue weighted by molar-refractivity contribution is 0.192. The summed E-state index contributed by atoms with van der Waals surface area (Å²) in [5.74, 6) is 1.18. The first kappa shape index (κ1) is 12.9. The first-order valence-electron chi connectivity index (χ1n) is 7.54. The molecule has 1 aliphatic heterocycles. The van der Waals surface area contributed by atoms with E-state index >= 15 is 0 Å².